The number of aliphatic imine (C=N–C) groups is 1. The monoisotopic (exact) mass is 169 g/mol. The second-order valence-electron chi connectivity index (χ2n) is 1.05. The molecule has 3 atom stereocenters. The third-order valence-electron chi connectivity index (χ3n) is 0.428. The number of nitrogens with two attached hydrogens (primary N) is 1. The molecule has 0 aliphatic rings. The van der Waals surface area contributed by atoms with Gasteiger partial charge >= 0.3 is 0 Å². The van der Waals surface area contributed by atoms with Gasteiger partial charge in [0.15, 0.2) is 0 Å². The van der Waals surface area contributed by atoms with Gasteiger partial charge in [0, 0.05) is 14.5 Å². The van der Waals surface area contributed by atoms with Crippen LogP contribution in [-0.2, 0) is 0 Å². The van der Waals surface area contributed by atoms with Crippen LogP contribution in [0.1, 0.15) is 0 Å². The van der Waals surface area contributed by atoms with Crippen LogP contribution in [0.4, 0.5) is 0 Å². The zero-order valence-corrected chi connectivity index (χ0v) is 7.51. The largest absolute Gasteiger partial charge is 0.858 e. The zero-order chi connectivity index (χ0) is 6.57. The number of hydrogen-bond acceptors (Lipinski definition) is 3. The van der Waals surface area contributed by atoms with Crippen LogP contribution in [0.2, 0.25) is 0 Å². The van der Waals surface area contributed by atoms with Crippen molar-refractivity contribution in [1.29, 1.82) is 0 Å². The Morgan fingerprint density at radius 1 is 2.00 bits per heavy atom. The molecule has 48 valence electrons. The van der Waals surface area contributed by atoms with Gasteiger partial charge in [-0.3, -0.25) is 0 Å². The molecule has 0 aromatic rings. The lowest BCUT2D eigenvalue weighted by Gasteiger charge is -2.10. The SMILES string of the molecule is CN=C([O-])PP(N)P. The van der Waals surface area contributed by atoms with E-state index in [1.54, 1.807) is 0 Å². The van der Waals surface area contributed by atoms with Gasteiger partial charge in [0.1, 0.15) is 0 Å². The molecule has 2 N–H and O–H groups in total. The minimum atomic E-state index is -0.645. The van der Waals surface area contributed by atoms with E-state index in [1.807, 2.05) is 0 Å². The summed E-state index contributed by atoms with van der Waals surface area (Å²) in [6.07, 6.45) is 0. The third kappa shape index (κ3) is 4.87. The standard InChI is InChI=1S/C2H9N2OP3/c1-4-2(5)7-8(3)6/h7H,3,6H2,1H3,(H,4,5)/p-1. The van der Waals surface area contributed by atoms with Crippen LogP contribution in [0.15, 0.2) is 4.99 Å². The van der Waals surface area contributed by atoms with Crippen LogP contribution in [0.5, 0.6) is 0 Å². The zero-order valence-electron chi connectivity index (χ0n) is 4.46. The van der Waals surface area contributed by atoms with E-state index in [-0.39, 0.29) is 13.9 Å². The van der Waals surface area contributed by atoms with Crippen molar-refractivity contribution < 1.29 is 5.11 Å². The summed E-state index contributed by atoms with van der Waals surface area (Å²) in [5, 5.41) is 10.4. The fourth-order valence-corrected chi connectivity index (χ4v) is 2.44. The number of nitrogens with zero attached hydrogens (tertiary/aromatic N) is 1. The van der Waals surface area contributed by atoms with E-state index in [0.29, 0.717) is 0 Å². The number of hydrogen-bond donors (Lipinski definition) is 1. The van der Waals surface area contributed by atoms with Crippen LogP contribution in [0.25, 0.3) is 0 Å². The molecule has 0 saturated heterocycles. The van der Waals surface area contributed by atoms with Gasteiger partial charge in [-0.25, -0.2) is 0 Å². The predicted molar refractivity (Wildman–Crippen MR) is 42.5 cm³/mol. The highest BCUT2D eigenvalue weighted by atomic mass is 32.4. The first-order valence-electron chi connectivity index (χ1n) is 1.86. The van der Waals surface area contributed by atoms with E-state index in [2.05, 4.69) is 13.9 Å². The summed E-state index contributed by atoms with van der Waals surface area (Å²) in [5.74, 6) is 0. The smallest absolute Gasteiger partial charge is 0.0270 e. The highest BCUT2D eigenvalue weighted by Gasteiger charge is 1.88. The molecule has 0 aliphatic heterocycles. The van der Waals surface area contributed by atoms with Crippen molar-refractivity contribution >= 4 is 30.3 Å². The summed E-state index contributed by atoms with van der Waals surface area (Å²) in [4.78, 5) is 3.42. The molecule has 8 heavy (non-hydrogen) atoms. The normalized spacial score (nSPS) is 17.6. The molecular weight excluding hydrogens is 161 g/mol. The molecule has 0 amide bonds. The van der Waals surface area contributed by atoms with Gasteiger partial charge in [0.05, 0.1) is 0 Å². The van der Waals surface area contributed by atoms with Crippen LogP contribution in [-0.4, -0.2) is 12.7 Å². The van der Waals surface area contributed by atoms with E-state index in [9.17, 15) is 5.11 Å². The predicted octanol–water partition coefficient (Wildman–Crippen LogP) is 0.0717. The minimum absolute atomic E-state index is 0.0892. The van der Waals surface area contributed by atoms with Crippen LogP contribution < -0.4 is 10.6 Å². The third-order valence-corrected chi connectivity index (χ3v) is 3.61. The molecule has 0 bridgehead atoms. The summed E-state index contributed by atoms with van der Waals surface area (Å²) >= 11 is 0. The Morgan fingerprint density at radius 3 is 2.62 bits per heavy atom. The Hall–Kier alpha value is 0.720. The topological polar surface area (TPSA) is 61.4 Å². The van der Waals surface area contributed by atoms with Crippen LogP contribution in [0.3, 0.4) is 0 Å². The van der Waals surface area contributed by atoms with Crippen molar-refractivity contribution in [3.05, 3.63) is 0 Å². The Bertz CT molecular complexity index is 93.3. The fraction of sp³-hybridized carbons (Fsp3) is 0.500. The maximum atomic E-state index is 10.4. The van der Waals surface area contributed by atoms with Gasteiger partial charge in [-0.05, 0) is 13.9 Å². The van der Waals surface area contributed by atoms with Crippen molar-refractivity contribution in [2.24, 2.45) is 10.5 Å². The Balaban J connectivity index is 3.39. The first-order valence-corrected chi connectivity index (χ1v) is 6.74. The highest BCUT2D eigenvalue weighted by molar-refractivity contribution is 8.50. The molecule has 0 rings (SSSR count). The molecule has 0 radical (unpaired) electrons. The van der Waals surface area contributed by atoms with E-state index in [4.69, 9.17) is 5.50 Å². The average molecular weight is 169 g/mol. The molecule has 0 spiro atoms. The minimum Gasteiger partial charge on any atom is -0.858 e. The number of rotatable bonds is 2. The average Bonchev–Trinajstić information content (AvgIpc) is 1.65. The molecule has 0 fully saturated rings. The molecule has 0 aromatic carbocycles. The van der Waals surface area contributed by atoms with Crippen molar-refractivity contribution in [1.82, 2.24) is 0 Å². The molecule has 3 unspecified atom stereocenters. The second-order valence-corrected chi connectivity index (χ2v) is 7.95. The lowest BCUT2D eigenvalue weighted by atomic mass is 11.3. The molecule has 0 aliphatic carbocycles. The maximum Gasteiger partial charge on any atom is 0.0270 e. The Morgan fingerprint density at radius 2 is 2.50 bits per heavy atom. The molecule has 0 saturated carbocycles. The van der Waals surface area contributed by atoms with E-state index in [0.717, 1.165) is 0 Å². The van der Waals surface area contributed by atoms with Gasteiger partial charge in [-0.15, -0.1) is 0 Å². The maximum absolute atomic E-state index is 10.4. The van der Waals surface area contributed by atoms with Crippen molar-refractivity contribution in [2.45, 2.75) is 0 Å². The van der Waals surface area contributed by atoms with E-state index < -0.39 is 7.45 Å². The Kier molecular flexibility index (Phi) is 5.00. The first-order chi connectivity index (χ1) is 3.66. The molecule has 6 heteroatoms. The van der Waals surface area contributed by atoms with Crippen molar-refractivity contribution in [2.75, 3.05) is 7.05 Å². The summed E-state index contributed by atoms with van der Waals surface area (Å²) in [5.41, 5.74) is 5.24. The van der Waals surface area contributed by atoms with E-state index >= 15 is 0 Å². The summed E-state index contributed by atoms with van der Waals surface area (Å²) in [6.45, 7) is 0. The van der Waals surface area contributed by atoms with Gasteiger partial charge in [0.25, 0.3) is 0 Å². The van der Waals surface area contributed by atoms with E-state index in [1.165, 1.54) is 7.05 Å². The molecule has 3 nitrogen and oxygen atoms in total. The molecule has 0 heterocycles. The summed E-state index contributed by atoms with van der Waals surface area (Å²) in [6, 6.07) is 0. The lowest BCUT2D eigenvalue weighted by molar-refractivity contribution is -0.206. The Labute approximate surface area is 53.7 Å². The highest BCUT2D eigenvalue weighted by Crippen LogP contribution is 2.54. The quantitative estimate of drug-likeness (QED) is 0.361. The van der Waals surface area contributed by atoms with Crippen LogP contribution in [0, 0.1) is 0 Å². The van der Waals surface area contributed by atoms with Gasteiger partial charge in [-0.2, -0.15) is 0 Å². The summed E-state index contributed by atoms with van der Waals surface area (Å²) < 4.78 is 0. The first kappa shape index (κ1) is 8.72. The molecular formula is C2H8N2OP3-. The van der Waals surface area contributed by atoms with Crippen molar-refractivity contribution in [3.63, 3.8) is 0 Å². The van der Waals surface area contributed by atoms with Gasteiger partial charge in [0.2, 0.25) is 0 Å². The van der Waals surface area contributed by atoms with Crippen molar-refractivity contribution in [3.8, 4) is 0 Å². The lowest BCUT2D eigenvalue weighted by Crippen LogP contribution is -2.09. The summed E-state index contributed by atoms with van der Waals surface area (Å²) in [7, 11) is 3.41. The second kappa shape index (κ2) is 4.58. The van der Waals surface area contributed by atoms with Gasteiger partial charge in [-0.1, -0.05) is 8.93 Å². The molecule has 0 aromatic heterocycles. The van der Waals surface area contributed by atoms with Crippen LogP contribution >= 0.6 is 24.6 Å². The van der Waals surface area contributed by atoms with Gasteiger partial charge < -0.3 is 15.6 Å². The fourth-order valence-electron chi connectivity index (χ4n) is 0.160.